The number of benzene rings is 1. The molecule has 0 unspecified atom stereocenters. The van der Waals surface area contributed by atoms with Crippen molar-refractivity contribution >= 4 is 53.4 Å². The number of hydrogen-bond acceptors (Lipinski definition) is 5. The number of nitrogens with one attached hydrogen (secondary N) is 2. The zero-order valence-electron chi connectivity index (χ0n) is 12.6. The van der Waals surface area contributed by atoms with Gasteiger partial charge in [0.05, 0.1) is 11.4 Å². The second-order valence-corrected chi connectivity index (χ2v) is 5.72. The number of thiazole rings is 1. The van der Waals surface area contributed by atoms with Crippen LogP contribution in [-0.2, 0) is 6.54 Å². The van der Waals surface area contributed by atoms with Crippen LogP contribution in [0.3, 0.4) is 0 Å². The molecule has 0 fully saturated rings. The SMILES string of the molecule is CC(C)Nc1cc(F)ccc1NC(=O)c1csc(CN)n1.Cl.Cl. The van der Waals surface area contributed by atoms with Gasteiger partial charge >= 0.3 is 0 Å². The standard InChI is InChI=1S/C14H17FN4OS.2ClH/c1-8(2)17-11-5-9(15)3-4-10(11)19-14(20)12-7-21-13(6-16)18-12;;/h3-5,7-8,17H,6,16H2,1-2H3,(H,19,20);2*1H. The van der Waals surface area contributed by atoms with Gasteiger partial charge in [-0.2, -0.15) is 0 Å². The van der Waals surface area contributed by atoms with Crippen LogP contribution in [0.4, 0.5) is 15.8 Å². The minimum absolute atomic E-state index is 0. The largest absolute Gasteiger partial charge is 0.381 e. The molecule has 1 heterocycles. The smallest absolute Gasteiger partial charge is 0.275 e. The number of aromatic nitrogens is 1. The summed E-state index contributed by atoms with van der Waals surface area (Å²) in [6.45, 7) is 4.17. The molecule has 2 aromatic rings. The zero-order chi connectivity index (χ0) is 15.4. The van der Waals surface area contributed by atoms with E-state index in [1.807, 2.05) is 13.8 Å². The molecule has 128 valence electrons. The number of amides is 1. The third-order valence-corrected chi connectivity index (χ3v) is 3.50. The van der Waals surface area contributed by atoms with Gasteiger partial charge in [0, 0.05) is 18.0 Å². The van der Waals surface area contributed by atoms with Gasteiger partial charge in [-0.05, 0) is 32.0 Å². The topological polar surface area (TPSA) is 80.0 Å². The number of halogens is 3. The summed E-state index contributed by atoms with van der Waals surface area (Å²) in [6, 6.07) is 4.29. The molecule has 4 N–H and O–H groups in total. The van der Waals surface area contributed by atoms with Crippen molar-refractivity contribution in [1.29, 1.82) is 0 Å². The van der Waals surface area contributed by atoms with Crippen LogP contribution in [0.2, 0.25) is 0 Å². The van der Waals surface area contributed by atoms with Gasteiger partial charge in [0.2, 0.25) is 0 Å². The molecule has 0 atom stereocenters. The number of nitrogens with two attached hydrogens (primary N) is 1. The molecule has 0 radical (unpaired) electrons. The minimum atomic E-state index is -0.366. The van der Waals surface area contributed by atoms with E-state index in [0.717, 1.165) is 0 Å². The van der Waals surface area contributed by atoms with Crippen LogP contribution in [-0.4, -0.2) is 16.9 Å². The summed E-state index contributed by atoms with van der Waals surface area (Å²) in [5.41, 5.74) is 6.83. The van der Waals surface area contributed by atoms with E-state index in [-0.39, 0.29) is 42.6 Å². The van der Waals surface area contributed by atoms with Gasteiger partial charge in [-0.15, -0.1) is 36.2 Å². The van der Waals surface area contributed by atoms with Crippen LogP contribution in [0, 0.1) is 5.82 Å². The predicted molar refractivity (Wildman–Crippen MR) is 97.6 cm³/mol. The predicted octanol–water partition coefficient (Wildman–Crippen LogP) is 3.66. The first-order valence-electron chi connectivity index (χ1n) is 6.51. The molecule has 5 nitrogen and oxygen atoms in total. The van der Waals surface area contributed by atoms with Gasteiger partial charge in [-0.3, -0.25) is 4.79 Å². The zero-order valence-corrected chi connectivity index (χ0v) is 15.1. The quantitative estimate of drug-likeness (QED) is 0.739. The Bertz CT molecular complexity index is 651. The van der Waals surface area contributed by atoms with E-state index in [1.54, 1.807) is 5.38 Å². The molecule has 0 aliphatic heterocycles. The summed E-state index contributed by atoms with van der Waals surface area (Å²) in [5.74, 6) is -0.709. The van der Waals surface area contributed by atoms with Gasteiger partial charge in [0.1, 0.15) is 16.5 Å². The van der Waals surface area contributed by atoms with Gasteiger partial charge in [0.15, 0.2) is 0 Å². The molecular weight excluding hydrogens is 362 g/mol. The first-order chi connectivity index (χ1) is 9.99. The lowest BCUT2D eigenvalue weighted by Gasteiger charge is -2.15. The molecule has 9 heteroatoms. The molecular formula is C14H19Cl2FN4OS. The van der Waals surface area contributed by atoms with Gasteiger partial charge in [-0.25, -0.2) is 9.37 Å². The summed E-state index contributed by atoms with van der Waals surface area (Å²) in [7, 11) is 0. The van der Waals surface area contributed by atoms with E-state index in [9.17, 15) is 9.18 Å². The lowest BCUT2D eigenvalue weighted by atomic mass is 10.2. The Balaban J connectivity index is 0.00000242. The summed E-state index contributed by atoms with van der Waals surface area (Å²) >= 11 is 1.33. The van der Waals surface area contributed by atoms with Crippen LogP contribution >= 0.6 is 36.2 Å². The molecule has 0 saturated carbocycles. The van der Waals surface area contributed by atoms with Crippen LogP contribution in [0.15, 0.2) is 23.6 Å². The van der Waals surface area contributed by atoms with Crippen LogP contribution in [0.1, 0.15) is 29.3 Å². The van der Waals surface area contributed by atoms with E-state index in [1.165, 1.54) is 29.5 Å². The van der Waals surface area contributed by atoms with E-state index < -0.39 is 0 Å². The monoisotopic (exact) mass is 380 g/mol. The molecule has 1 aromatic carbocycles. The maximum absolute atomic E-state index is 13.3. The third-order valence-electron chi connectivity index (χ3n) is 2.63. The van der Waals surface area contributed by atoms with Crippen molar-refractivity contribution < 1.29 is 9.18 Å². The maximum atomic E-state index is 13.3. The van der Waals surface area contributed by atoms with Crippen LogP contribution < -0.4 is 16.4 Å². The lowest BCUT2D eigenvalue weighted by Crippen LogP contribution is -2.16. The average Bonchev–Trinajstić information content (AvgIpc) is 2.90. The number of carbonyl (C=O) groups excluding carboxylic acids is 1. The Morgan fingerprint density at radius 3 is 2.61 bits per heavy atom. The average molecular weight is 381 g/mol. The molecule has 23 heavy (non-hydrogen) atoms. The Morgan fingerprint density at radius 2 is 2.04 bits per heavy atom. The number of carbonyl (C=O) groups is 1. The number of anilines is 2. The Morgan fingerprint density at radius 1 is 1.35 bits per heavy atom. The number of hydrogen-bond donors (Lipinski definition) is 3. The van der Waals surface area contributed by atoms with Crippen molar-refractivity contribution in [3.63, 3.8) is 0 Å². The second kappa shape index (κ2) is 9.67. The highest BCUT2D eigenvalue weighted by atomic mass is 35.5. The van der Waals surface area contributed by atoms with Crippen molar-refractivity contribution in [1.82, 2.24) is 4.98 Å². The Kier molecular flexibility index (Phi) is 9.07. The van der Waals surface area contributed by atoms with Crippen LogP contribution in [0.25, 0.3) is 0 Å². The van der Waals surface area contributed by atoms with E-state index in [4.69, 9.17) is 5.73 Å². The minimum Gasteiger partial charge on any atom is -0.381 e. The van der Waals surface area contributed by atoms with Crippen molar-refractivity contribution in [3.8, 4) is 0 Å². The number of rotatable bonds is 5. The first kappa shape index (κ1) is 21.6. The molecule has 0 spiro atoms. The van der Waals surface area contributed by atoms with Crippen molar-refractivity contribution in [2.24, 2.45) is 5.73 Å². The summed E-state index contributed by atoms with van der Waals surface area (Å²) in [5, 5.41) is 8.17. The van der Waals surface area contributed by atoms with E-state index in [0.29, 0.717) is 28.6 Å². The number of nitrogens with zero attached hydrogens (tertiary/aromatic N) is 1. The molecule has 0 aliphatic carbocycles. The molecule has 0 saturated heterocycles. The highest BCUT2D eigenvalue weighted by Crippen LogP contribution is 2.24. The normalized spacial score (nSPS) is 9.78. The Hall–Kier alpha value is -1.41. The molecule has 0 aliphatic rings. The Labute approximate surface area is 150 Å². The fourth-order valence-electron chi connectivity index (χ4n) is 1.75. The second-order valence-electron chi connectivity index (χ2n) is 4.77. The highest BCUT2D eigenvalue weighted by molar-refractivity contribution is 7.09. The molecule has 0 bridgehead atoms. The summed E-state index contributed by atoms with van der Waals surface area (Å²) < 4.78 is 13.3. The highest BCUT2D eigenvalue weighted by Gasteiger charge is 2.13. The maximum Gasteiger partial charge on any atom is 0.275 e. The fourth-order valence-corrected chi connectivity index (χ4v) is 2.41. The lowest BCUT2D eigenvalue weighted by molar-refractivity contribution is 0.102. The third kappa shape index (κ3) is 5.95. The molecule has 2 rings (SSSR count). The first-order valence-corrected chi connectivity index (χ1v) is 7.39. The summed E-state index contributed by atoms with van der Waals surface area (Å²) in [4.78, 5) is 16.3. The summed E-state index contributed by atoms with van der Waals surface area (Å²) in [6.07, 6.45) is 0. The van der Waals surface area contributed by atoms with Crippen molar-refractivity contribution in [2.45, 2.75) is 26.4 Å². The van der Waals surface area contributed by atoms with E-state index in [2.05, 4.69) is 15.6 Å². The fraction of sp³-hybridized carbons (Fsp3) is 0.286. The van der Waals surface area contributed by atoms with E-state index >= 15 is 0 Å². The van der Waals surface area contributed by atoms with Crippen molar-refractivity contribution in [2.75, 3.05) is 10.6 Å². The van der Waals surface area contributed by atoms with Gasteiger partial charge < -0.3 is 16.4 Å². The van der Waals surface area contributed by atoms with Gasteiger partial charge in [-0.1, -0.05) is 0 Å². The van der Waals surface area contributed by atoms with Crippen LogP contribution in [0.5, 0.6) is 0 Å². The molecule has 1 amide bonds. The van der Waals surface area contributed by atoms with Gasteiger partial charge in [0.25, 0.3) is 5.91 Å². The molecule has 1 aromatic heterocycles. The van der Waals surface area contributed by atoms with Crippen molar-refractivity contribution in [3.05, 3.63) is 40.1 Å².